The summed E-state index contributed by atoms with van der Waals surface area (Å²) in [5.41, 5.74) is -2.05. The molecule has 0 radical (unpaired) electrons. The molecule has 5 saturated carbocycles. The number of benzene rings is 1. The third-order valence-electron chi connectivity index (χ3n) is 17.4. The highest BCUT2D eigenvalue weighted by molar-refractivity contribution is 5.88. The molecule has 5 aliphatic carbocycles. The summed E-state index contributed by atoms with van der Waals surface area (Å²) in [4.78, 5) is 25.9. The summed E-state index contributed by atoms with van der Waals surface area (Å²) in [6, 6.07) is 6.79. The molecular weight excluding hydrogens is 702 g/mol. The second kappa shape index (κ2) is 15.0. The Morgan fingerprint density at radius 3 is 2.07 bits per heavy atom. The molecule has 5 nitrogen and oxygen atoms in total. The summed E-state index contributed by atoms with van der Waals surface area (Å²) in [5.74, 6) is 6.09. The smallest absolute Gasteiger partial charge is 0.432 e. The molecule has 0 amide bonds. The first-order valence-corrected chi connectivity index (χ1v) is 21.3. The van der Waals surface area contributed by atoms with E-state index in [0.29, 0.717) is 45.8 Å². The number of hydrogen-bond acceptors (Lipinski definition) is 5. The lowest BCUT2D eigenvalue weighted by atomic mass is 9.32. The fraction of sp³-hybridized carbons (Fsp3) is 0.787. The van der Waals surface area contributed by atoms with Crippen molar-refractivity contribution in [1.82, 2.24) is 0 Å². The second-order valence-electron chi connectivity index (χ2n) is 20.0. The Kier molecular flexibility index (Phi) is 11.5. The molecule has 0 saturated heterocycles. The zero-order valence-electron chi connectivity index (χ0n) is 35.0. The monoisotopic (exact) mass is 768 g/mol. The standard InChI is InChI=1S/C47H67F3O5/c1-10-54-39(51)22-19-33(55-40(52)46(53-9,47(48,49)50)32-15-12-11-13-16-32)18-17-31(2)34-23-28-42(5)35(34)24-29-44(7)37(42)20-21-38-43(6)27-14-26-41(3,4)36(43)25-30-45(38,44)8/h11-13,15-16,31,33-38H,10,14,17-18,20-21,23-30H2,1-9H3/t31-,33+,34-,35+,36+,37-,38-,42+,43+,44-,45-,46+/m1/s1. The van der Waals surface area contributed by atoms with Gasteiger partial charge < -0.3 is 14.2 Å². The van der Waals surface area contributed by atoms with Crippen molar-refractivity contribution in [3.05, 3.63) is 35.9 Å². The van der Waals surface area contributed by atoms with E-state index >= 15 is 0 Å². The van der Waals surface area contributed by atoms with E-state index in [9.17, 15) is 22.8 Å². The van der Waals surface area contributed by atoms with Crippen LogP contribution < -0.4 is 0 Å². The highest BCUT2D eigenvalue weighted by Gasteiger charge is 2.70. The van der Waals surface area contributed by atoms with Crippen LogP contribution in [0.5, 0.6) is 0 Å². The Labute approximate surface area is 329 Å². The maximum Gasteiger partial charge on any atom is 0.432 e. The minimum Gasteiger partial charge on any atom is -0.456 e. The summed E-state index contributed by atoms with van der Waals surface area (Å²) in [7, 11) is 0.851. The summed E-state index contributed by atoms with van der Waals surface area (Å²) in [6.45, 7) is 19.7. The summed E-state index contributed by atoms with van der Waals surface area (Å²) in [6.07, 6.45) is 8.60. The minimum atomic E-state index is -5.11. The quantitative estimate of drug-likeness (QED) is 0.142. The van der Waals surface area contributed by atoms with Gasteiger partial charge in [-0.15, -0.1) is 0 Å². The second-order valence-corrected chi connectivity index (χ2v) is 20.0. The molecule has 6 rings (SSSR count). The molecule has 0 aromatic heterocycles. The van der Waals surface area contributed by atoms with Crippen LogP contribution in [-0.4, -0.2) is 37.9 Å². The van der Waals surface area contributed by atoms with Crippen molar-refractivity contribution in [2.24, 2.45) is 62.6 Å². The normalized spacial score (nSPS) is 38.7. The highest BCUT2D eigenvalue weighted by atomic mass is 19.4. The minimum absolute atomic E-state index is 0.101. The molecule has 306 valence electrons. The molecule has 1 aromatic rings. The van der Waals surface area contributed by atoms with E-state index in [1.807, 2.05) is 0 Å². The number of esters is 2. The maximum absolute atomic E-state index is 14.7. The van der Waals surface area contributed by atoms with E-state index in [1.54, 1.807) is 13.0 Å². The molecule has 12 atom stereocenters. The van der Waals surface area contributed by atoms with Gasteiger partial charge in [-0.2, -0.15) is 13.2 Å². The number of alkyl halides is 3. The van der Waals surface area contributed by atoms with E-state index in [4.69, 9.17) is 14.2 Å². The van der Waals surface area contributed by atoms with Gasteiger partial charge in [0.05, 0.1) is 6.61 Å². The number of methoxy groups -OCH3 is 1. The summed E-state index contributed by atoms with van der Waals surface area (Å²) < 4.78 is 59.8. The third-order valence-corrected chi connectivity index (χ3v) is 17.4. The number of carbonyl (C=O) groups is 2. The maximum atomic E-state index is 14.7. The van der Waals surface area contributed by atoms with E-state index in [-0.39, 0.29) is 29.9 Å². The van der Waals surface area contributed by atoms with Gasteiger partial charge in [0.15, 0.2) is 6.10 Å². The lowest BCUT2D eigenvalue weighted by Gasteiger charge is -2.73. The Balaban J connectivity index is 1.19. The highest BCUT2D eigenvalue weighted by Crippen LogP contribution is 2.78. The topological polar surface area (TPSA) is 61.8 Å². The molecule has 55 heavy (non-hydrogen) atoms. The Hall–Kier alpha value is -2.53. The van der Waals surface area contributed by atoms with Crippen LogP contribution in [-0.2, 0) is 29.4 Å². The van der Waals surface area contributed by atoms with Crippen molar-refractivity contribution in [3.63, 3.8) is 0 Å². The SMILES string of the molecule is CCOC(=O)C#C[C@H](CC[C@@H](C)[C@H]1CC[C@]2(C)[C@H]3CC[C@@H]4[C@@]5(C)CCCC(C)(C)[C@@H]5CC[C@@]4(C)[C@]3(C)CC[C@@H]12)OC(=O)[C@@](OC)(c1ccccc1)C(F)(F)F. The zero-order chi connectivity index (χ0) is 40.2. The molecule has 0 N–H and O–H groups in total. The van der Waals surface area contributed by atoms with Crippen LogP contribution >= 0.6 is 0 Å². The van der Waals surface area contributed by atoms with Crippen molar-refractivity contribution >= 4 is 11.9 Å². The number of hydrogen-bond donors (Lipinski definition) is 0. The molecule has 0 aliphatic heterocycles. The molecule has 0 bridgehead atoms. The molecule has 0 unspecified atom stereocenters. The lowest BCUT2D eigenvalue weighted by molar-refractivity contribution is -0.277. The van der Waals surface area contributed by atoms with Crippen molar-refractivity contribution in [3.8, 4) is 11.8 Å². The molecule has 0 spiro atoms. The number of rotatable bonds is 9. The van der Waals surface area contributed by atoms with Gasteiger partial charge in [-0.25, -0.2) is 9.59 Å². The lowest BCUT2D eigenvalue weighted by Crippen LogP contribution is -2.65. The van der Waals surface area contributed by atoms with Gasteiger partial charge in [-0.1, -0.05) is 85.2 Å². The van der Waals surface area contributed by atoms with Crippen LogP contribution in [0.1, 0.15) is 144 Å². The Morgan fingerprint density at radius 2 is 1.45 bits per heavy atom. The fourth-order valence-electron chi connectivity index (χ4n) is 14.7. The summed E-state index contributed by atoms with van der Waals surface area (Å²) >= 11 is 0. The number of carbonyl (C=O) groups excluding carboxylic acids is 2. The van der Waals surface area contributed by atoms with Crippen LogP contribution in [0.15, 0.2) is 30.3 Å². The first-order valence-electron chi connectivity index (χ1n) is 21.3. The average molecular weight is 769 g/mol. The van der Waals surface area contributed by atoms with Gasteiger partial charge in [0.2, 0.25) is 0 Å². The van der Waals surface area contributed by atoms with Gasteiger partial charge >= 0.3 is 18.1 Å². The van der Waals surface area contributed by atoms with Gasteiger partial charge in [0, 0.05) is 18.6 Å². The largest absolute Gasteiger partial charge is 0.456 e. The van der Waals surface area contributed by atoms with Crippen LogP contribution in [0.2, 0.25) is 0 Å². The van der Waals surface area contributed by atoms with E-state index in [0.717, 1.165) is 25.4 Å². The molecule has 1 aromatic carbocycles. The molecular formula is C47H67F3O5. The molecule has 5 aliphatic rings. The van der Waals surface area contributed by atoms with Gasteiger partial charge in [0.1, 0.15) is 0 Å². The molecule has 5 fully saturated rings. The Bertz CT molecular complexity index is 1630. The molecule has 0 heterocycles. The fourth-order valence-corrected chi connectivity index (χ4v) is 14.7. The van der Waals surface area contributed by atoms with E-state index < -0.39 is 29.8 Å². The molecule has 8 heteroatoms. The van der Waals surface area contributed by atoms with Crippen molar-refractivity contribution < 1.29 is 37.0 Å². The predicted octanol–water partition coefficient (Wildman–Crippen LogP) is 11.5. The zero-order valence-corrected chi connectivity index (χ0v) is 35.0. The van der Waals surface area contributed by atoms with Crippen molar-refractivity contribution in [1.29, 1.82) is 0 Å². The van der Waals surface area contributed by atoms with Crippen LogP contribution in [0.4, 0.5) is 13.2 Å². The van der Waals surface area contributed by atoms with Gasteiger partial charge in [-0.05, 0) is 152 Å². The number of fused-ring (bicyclic) bond motifs is 7. The average Bonchev–Trinajstić information content (AvgIpc) is 3.46. The first-order chi connectivity index (χ1) is 25.7. The Morgan fingerprint density at radius 1 is 0.818 bits per heavy atom. The van der Waals surface area contributed by atoms with Crippen LogP contribution in [0, 0.1) is 74.4 Å². The first kappa shape index (κ1) is 42.1. The van der Waals surface area contributed by atoms with Crippen molar-refractivity contribution in [2.75, 3.05) is 13.7 Å². The van der Waals surface area contributed by atoms with E-state index in [1.165, 1.54) is 88.5 Å². The third kappa shape index (κ3) is 6.76. The van der Waals surface area contributed by atoms with Gasteiger partial charge in [-0.3, -0.25) is 0 Å². The number of halogens is 3. The number of ether oxygens (including phenoxy) is 3. The van der Waals surface area contributed by atoms with Crippen LogP contribution in [0.3, 0.4) is 0 Å². The van der Waals surface area contributed by atoms with Crippen molar-refractivity contribution in [2.45, 2.75) is 157 Å². The predicted molar refractivity (Wildman–Crippen MR) is 208 cm³/mol. The summed E-state index contributed by atoms with van der Waals surface area (Å²) in [5, 5.41) is 0. The van der Waals surface area contributed by atoms with Gasteiger partial charge in [0.25, 0.3) is 5.60 Å². The van der Waals surface area contributed by atoms with E-state index in [2.05, 4.69) is 60.3 Å². The van der Waals surface area contributed by atoms with Crippen LogP contribution in [0.25, 0.3) is 0 Å².